The summed E-state index contributed by atoms with van der Waals surface area (Å²) < 4.78 is 0. The Morgan fingerprint density at radius 1 is 1.40 bits per heavy atom. The van der Waals surface area contributed by atoms with E-state index in [1.165, 1.54) is 12.8 Å². The van der Waals surface area contributed by atoms with E-state index in [1.54, 1.807) is 0 Å². The van der Waals surface area contributed by atoms with Gasteiger partial charge in [0.1, 0.15) is 5.60 Å². The summed E-state index contributed by atoms with van der Waals surface area (Å²) in [6.45, 7) is 4.22. The van der Waals surface area contributed by atoms with Gasteiger partial charge in [-0.25, -0.2) is 4.89 Å². The van der Waals surface area contributed by atoms with E-state index in [-0.39, 0.29) is 5.60 Å². The van der Waals surface area contributed by atoms with Crippen LogP contribution in [0.15, 0.2) is 0 Å². The normalized spacial score (nSPS) is 41.7. The lowest BCUT2D eigenvalue weighted by atomic mass is 9.81. The Bertz CT molecular complexity index is 104. The molecule has 0 radical (unpaired) electrons. The molecule has 0 aromatic heterocycles. The summed E-state index contributed by atoms with van der Waals surface area (Å²) in [5.41, 5.74) is -0.244. The molecule has 0 aromatic carbocycles. The highest BCUT2D eigenvalue weighted by Crippen LogP contribution is 2.33. The van der Waals surface area contributed by atoms with Crippen molar-refractivity contribution >= 4 is 0 Å². The van der Waals surface area contributed by atoms with Gasteiger partial charge >= 0.3 is 0 Å². The van der Waals surface area contributed by atoms with Crippen molar-refractivity contribution in [2.24, 2.45) is 5.92 Å². The van der Waals surface area contributed by atoms with Crippen molar-refractivity contribution in [3.63, 3.8) is 0 Å². The first-order valence-electron chi connectivity index (χ1n) is 3.99. The van der Waals surface area contributed by atoms with Gasteiger partial charge in [0.15, 0.2) is 0 Å². The molecule has 1 N–H and O–H groups in total. The van der Waals surface area contributed by atoms with Crippen LogP contribution in [-0.2, 0) is 4.89 Å². The molecule has 0 aliphatic heterocycles. The molecule has 2 heteroatoms. The maximum Gasteiger partial charge on any atom is 0.101 e. The molecule has 0 heterocycles. The summed E-state index contributed by atoms with van der Waals surface area (Å²) in [6, 6.07) is 0. The number of hydrogen-bond acceptors (Lipinski definition) is 2. The molecular formula is C8H16O2. The van der Waals surface area contributed by atoms with Crippen molar-refractivity contribution in [1.29, 1.82) is 0 Å². The first-order valence-corrected chi connectivity index (χ1v) is 3.99. The van der Waals surface area contributed by atoms with Gasteiger partial charge in [-0.2, -0.15) is 0 Å². The Morgan fingerprint density at radius 2 is 1.90 bits per heavy atom. The van der Waals surface area contributed by atoms with Gasteiger partial charge in [0.05, 0.1) is 0 Å². The van der Waals surface area contributed by atoms with Crippen molar-refractivity contribution in [2.75, 3.05) is 0 Å². The van der Waals surface area contributed by atoms with Gasteiger partial charge < -0.3 is 0 Å². The van der Waals surface area contributed by atoms with Gasteiger partial charge in [-0.3, -0.25) is 5.26 Å². The Balaban J connectivity index is 2.38. The summed E-state index contributed by atoms with van der Waals surface area (Å²) in [4.78, 5) is 4.43. The molecule has 1 aliphatic carbocycles. The molecule has 0 saturated heterocycles. The highest BCUT2D eigenvalue weighted by Gasteiger charge is 2.30. The second kappa shape index (κ2) is 2.89. The van der Waals surface area contributed by atoms with Crippen LogP contribution in [0.3, 0.4) is 0 Å². The summed E-state index contributed by atoms with van der Waals surface area (Å²) in [6.07, 6.45) is 4.34. The molecular weight excluding hydrogens is 128 g/mol. The maximum atomic E-state index is 8.54. The van der Waals surface area contributed by atoms with Gasteiger partial charge in [-0.05, 0) is 38.5 Å². The van der Waals surface area contributed by atoms with Crippen molar-refractivity contribution in [3.05, 3.63) is 0 Å². The summed E-state index contributed by atoms with van der Waals surface area (Å²) >= 11 is 0. The van der Waals surface area contributed by atoms with Crippen LogP contribution in [0.2, 0.25) is 0 Å². The highest BCUT2D eigenvalue weighted by molar-refractivity contribution is 4.80. The lowest BCUT2D eigenvalue weighted by Gasteiger charge is -2.32. The molecule has 0 unspecified atom stereocenters. The topological polar surface area (TPSA) is 29.5 Å². The van der Waals surface area contributed by atoms with E-state index in [0.717, 1.165) is 18.8 Å². The van der Waals surface area contributed by atoms with Gasteiger partial charge in [0, 0.05) is 0 Å². The van der Waals surface area contributed by atoms with Crippen LogP contribution < -0.4 is 0 Å². The third-order valence-electron chi connectivity index (χ3n) is 2.55. The fourth-order valence-electron chi connectivity index (χ4n) is 1.46. The first kappa shape index (κ1) is 8.02. The molecule has 1 fully saturated rings. The van der Waals surface area contributed by atoms with Crippen LogP contribution in [0.5, 0.6) is 0 Å². The SMILES string of the molecule is CC1CCC(C)(OO)CC1. The van der Waals surface area contributed by atoms with Crippen molar-refractivity contribution in [1.82, 2.24) is 0 Å². The Labute approximate surface area is 62.1 Å². The predicted octanol–water partition coefficient (Wildman–Crippen LogP) is 2.44. The van der Waals surface area contributed by atoms with Crippen LogP contribution in [0.1, 0.15) is 39.5 Å². The van der Waals surface area contributed by atoms with Crippen LogP contribution in [-0.4, -0.2) is 10.9 Å². The highest BCUT2D eigenvalue weighted by atomic mass is 17.1. The molecule has 1 saturated carbocycles. The van der Waals surface area contributed by atoms with Crippen molar-refractivity contribution < 1.29 is 10.1 Å². The minimum Gasteiger partial charge on any atom is -0.251 e. The third kappa shape index (κ3) is 1.70. The van der Waals surface area contributed by atoms with Gasteiger partial charge in [-0.15, -0.1) is 0 Å². The molecule has 60 valence electrons. The molecule has 0 bridgehead atoms. The van der Waals surface area contributed by atoms with E-state index in [4.69, 9.17) is 5.26 Å². The molecule has 1 aliphatic rings. The van der Waals surface area contributed by atoms with E-state index in [2.05, 4.69) is 11.8 Å². The Morgan fingerprint density at radius 3 is 2.30 bits per heavy atom. The molecule has 10 heavy (non-hydrogen) atoms. The zero-order chi connectivity index (χ0) is 7.61. The van der Waals surface area contributed by atoms with E-state index in [0.29, 0.717) is 0 Å². The Hall–Kier alpha value is -0.0800. The van der Waals surface area contributed by atoms with Crippen LogP contribution in [0.25, 0.3) is 0 Å². The van der Waals surface area contributed by atoms with E-state index in [9.17, 15) is 0 Å². The van der Waals surface area contributed by atoms with E-state index >= 15 is 0 Å². The second-order valence-corrected chi connectivity index (χ2v) is 3.72. The fourth-order valence-corrected chi connectivity index (χ4v) is 1.46. The quantitative estimate of drug-likeness (QED) is 0.452. The fraction of sp³-hybridized carbons (Fsp3) is 1.00. The molecule has 0 atom stereocenters. The zero-order valence-electron chi connectivity index (χ0n) is 6.76. The van der Waals surface area contributed by atoms with Crippen molar-refractivity contribution in [2.45, 2.75) is 45.1 Å². The number of rotatable bonds is 1. The third-order valence-corrected chi connectivity index (χ3v) is 2.55. The van der Waals surface area contributed by atoms with E-state index in [1.807, 2.05) is 6.92 Å². The monoisotopic (exact) mass is 144 g/mol. The lowest BCUT2D eigenvalue weighted by molar-refractivity contribution is -0.326. The Kier molecular flexibility index (Phi) is 2.32. The standard InChI is InChI=1S/C8H16O2/c1-7-3-5-8(2,10-9)6-4-7/h7,9H,3-6H2,1-2H3. The first-order chi connectivity index (χ1) is 4.66. The minimum absolute atomic E-state index is 0.244. The predicted molar refractivity (Wildman–Crippen MR) is 39.8 cm³/mol. The largest absolute Gasteiger partial charge is 0.251 e. The van der Waals surface area contributed by atoms with Crippen LogP contribution in [0.4, 0.5) is 0 Å². The van der Waals surface area contributed by atoms with Crippen LogP contribution in [0, 0.1) is 5.92 Å². The molecule has 2 nitrogen and oxygen atoms in total. The average Bonchev–Trinajstić information content (AvgIpc) is 1.96. The summed E-state index contributed by atoms with van der Waals surface area (Å²) in [5, 5.41) is 8.54. The molecule has 0 amide bonds. The molecule has 1 rings (SSSR count). The van der Waals surface area contributed by atoms with Crippen molar-refractivity contribution in [3.8, 4) is 0 Å². The average molecular weight is 144 g/mol. The smallest absolute Gasteiger partial charge is 0.101 e. The number of hydrogen-bond donors (Lipinski definition) is 1. The lowest BCUT2D eigenvalue weighted by Crippen LogP contribution is -2.32. The van der Waals surface area contributed by atoms with Crippen LogP contribution >= 0.6 is 0 Å². The minimum atomic E-state index is -0.244. The van der Waals surface area contributed by atoms with Gasteiger partial charge in [-0.1, -0.05) is 6.92 Å². The second-order valence-electron chi connectivity index (χ2n) is 3.72. The molecule has 0 spiro atoms. The van der Waals surface area contributed by atoms with Gasteiger partial charge in [0.2, 0.25) is 0 Å². The maximum absolute atomic E-state index is 8.54. The zero-order valence-corrected chi connectivity index (χ0v) is 6.76. The van der Waals surface area contributed by atoms with Gasteiger partial charge in [0.25, 0.3) is 0 Å². The summed E-state index contributed by atoms with van der Waals surface area (Å²) in [7, 11) is 0. The summed E-state index contributed by atoms with van der Waals surface area (Å²) in [5.74, 6) is 0.809. The molecule has 0 aromatic rings. The van der Waals surface area contributed by atoms with E-state index < -0.39 is 0 Å².